The third-order valence-electron chi connectivity index (χ3n) is 2.67. The van der Waals surface area contributed by atoms with Gasteiger partial charge < -0.3 is 0 Å². The first-order valence-corrected chi connectivity index (χ1v) is 6.96. The quantitative estimate of drug-likeness (QED) is 0.783. The Morgan fingerprint density at radius 1 is 0.842 bits per heavy atom. The summed E-state index contributed by atoms with van der Waals surface area (Å²) < 4.78 is 25.0. The highest BCUT2D eigenvalue weighted by Gasteiger charge is 2.21. The minimum atomic E-state index is -3.65. The fourth-order valence-corrected chi connectivity index (χ4v) is 3.22. The van der Waals surface area contributed by atoms with Gasteiger partial charge in [-0.25, -0.2) is 8.42 Å². The molecule has 0 heterocycles. The number of hydrogen-bond donors (Lipinski definition) is 0. The van der Waals surface area contributed by atoms with Crippen LogP contribution in [-0.4, -0.2) is 8.42 Å². The van der Waals surface area contributed by atoms with Crippen LogP contribution in [0, 0.1) is 24.7 Å². The van der Waals surface area contributed by atoms with Crippen LogP contribution < -0.4 is 0 Å². The van der Waals surface area contributed by atoms with Crippen molar-refractivity contribution in [1.29, 1.82) is 0 Å². The number of sulfone groups is 1. The fraction of sp³-hybridized carbons (Fsp3) is 0. The lowest BCUT2D eigenvalue weighted by Gasteiger charge is -2.08. The lowest BCUT2D eigenvalue weighted by Crippen LogP contribution is -2.05. The molecule has 0 aliphatic carbocycles. The fourth-order valence-electron chi connectivity index (χ4n) is 1.75. The van der Waals surface area contributed by atoms with E-state index in [0.717, 1.165) is 0 Å². The lowest BCUT2D eigenvalue weighted by molar-refractivity contribution is 0.596. The Morgan fingerprint density at radius 3 is 2.11 bits per heavy atom. The molecule has 0 N–H and O–H groups in total. The average molecular weight is 266 g/mol. The van der Waals surface area contributed by atoms with Crippen molar-refractivity contribution in [2.75, 3.05) is 0 Å². The van der Waals surface area contributed by atoms with Gasteiger partial charge in [0.05, 0.1) is 15.4 Å². The largest absolute Gasteiger partial charge is 0.218 e. The van der Waals surface area contributed by atoms with Crippen LogP contribution in [0.1, 0.15) is 11.1 Å². The summed E-state index contributed by atoms with van der Waals surface area (Å²) in [5.74, 6) is 4.77. The van der Waals surface area contributed by atoms with Crippen molar-refractivity contribution in [2.45, 2.75) is 9.79 Å². The second-order valence-corrected chi connectivity index (χ2v) is 5.70. The molecular weight excluding hydrogens is 256 g/mol. The molecule has 3 heteroatoms. The third-order valence-corrected chi connectivity index (χ3v) is 4.48. The van der Waals surface area contributed by atoms with Crippen molar-refractivity contribution in [1.82, 2.24) is 0 Å². The molecule has 0 saturated carbocycles. The topological polar surface area (TPSA) is 34.1 Å². The van der Waals surface area contributed by atoms with E-state index in [2.05, 4.69) is 11.8 Å². The molecule has 0 atom stereocenters. The van der Waals surface area contributed by atoms with Gasteiger partial charge >= 0.3 is 0 Å². The Balaban J connectivity index is 2.75. The van der Waals surface area contributed by atoms with E-state index < -0.39 is 9.84 Å². The van der Waals surface area contributed by atoms with Gasteiger partial charge in [0.1, 0.15) is 0 Å². The van der Waals surface area contributed by atoms with Crippen molar-refractivity contribution in [3.05, 3.63) is 59.7 Å². The number of hydrogen-bond acceptors (Lipinski definition) is 2. The third kappa shape index (κ3) is 2.25. The van der Waals surface area contributed by atoms with Gasteiger partial charge in [-0.1, -0.05) is 36.1 Å². The first-order chi connectivity index (χ1) is 9.11. The standard InChI is InChI=1S/C16H10O2S/c1-3-13-9-8-12-16(15(13)4-2)19(17,18)14-10-6-5-7-11-14/h1-2,5-12H. The molecule has 92 valence electrons. The van der Waals surface area contributed by atoms with Crippen molar-refractivity contribution in [2.24, 2.45) is 0 Å². The van der Waals surface area contributed by atoms with Gasteiger partial charge in [-0.3, -0.25) is 0 Å². The highest BCUT2D eigenvalue weighted by atomic mass is 32.2. The smallest absolute Gasteiger partial charge is 0.207 e. The first-order valence-electron chi connectivity index (χ1n) is 5.47. The monoisotopic (exact) mass is 266 g/mol. The molecule has 0 unspecified atom stereocenters. The molecule has 2 rings (SSSR count). The van der Waals surface area contributed by atoms with Crippen molar-refractivity contribution in [3.63, 3.8) is 0 Å². The zero-order chi connectivity index (χ0) is 13.9. The second-order valence-electron chi connectivity index (χ2n) is 3.78. The zero-order valence-electron chi connectivity index (χ0n) is 10.00. The predicted octanol–water partition coefficient (Wildman–Crippen LogP) is 2.48. The van der Waals surface area contributed by atoms with E-state index in [1.807, 2.05) is 0 Å². The van der Waals surface area contributed by atoms with Gasteiger partial charge in [0, 0.05) is 5.56 Å². The van der Waals surface area contributed by atoms with E-state index in [1.165, 1.54) is 18.2 Å². The number of rotatable bonds is 2. The molecular formula is C16H10O2S. The lowest BCUT2D eigenvalue weighted by atomic mass is 10.1. The maximum absolute atomic E-state index is 12.5. The van der Waals surface area contributed by atoms with Crippen molar-refractivity contribution < 1.29 is 8.42 Å². The van der Waals surface area contributed by atoms with E-state index in [1.54, 1.807) is 30.3 Å². The van der Waals surface area contributed by atoms with Gasteiger partial charge in [0.25, 0.3) is 0 Å². The number of benzene rings is 2. The maximum atomic E-state index is 12.5. The minimum absolute atomic E-state index is 0.0663. The van der Waals surface area contributed by atoms with E-state index in [0.29, 0.717) is 5.56 Å². The highest BCUT2D eigenvalue weighted by molar-refractivity contribution is 7.91. The summed E-state index contributed by atoms with van der Waals surface area (Å²) in [5, 5.41) is 0. The van der Waals surface area contributed by atoms with Crippen LogP contribution in [0.4, 0.5) is 0 Å². The summed E-state index contributed by atoms with van der Waals surface area (Å²) in [7, 11) is -3.65. The molecule has 0 radical (unpaired) electrons. The summed E-state index contributed by atoms with van der Waals surface area (Å²) in [4.78, 5) is 0.261. The Morgan fingerprint density at radius 2 is 1.53 bits per heavy atom. The Hall–Kier alpha value is -2.49. The molecule has 0 aliphatic heterocycles. The molecule has 2 nitrogen and oxygen atoms in total. The normalized spacial score (nSPS) is 10.4. The van der Waals surface area contributed by atoms with Crippen molar-refractivity contribution in [3.8, 4) is 24.7 Å². The van der Waals surface area contributed by atoms with Crippen LogP contribution in [0.5, 0.6) is 0 Å². The van der Waals surface area contributed by atoms with E-state index in [4.69, 9.17) is 12.8 Å². The van der Waals surface area contributed by atoms with Crippen LogP contribution in [-0.2, 0) is 9.84 Å². The van der Waals surface area contributed by atoms with Crippen LogP contribution >= 0.6 is 0 Å². The average Bonchev–Trinajstić information content (AvgIpc) is 2.47. The molecule has 0 saturated heterocycles. The summed E-state index contributed by atoms with van der Waals surface area (Å²) in [5.41, 5.74) is 0.633. The Labute approximate surface area is 113 Å². The first kappa shape index (κ1) is 13.0. The molecule has 0 amide bonds. The summed E-state index contributed by atoms with van der Waals surface area (Å²) in [6.07, 6.45) is 10.7. The molecule has 19 heavy (non-hydrogen) atoms. The molecule has 2 aromatic carbocycles. The van der Waals surface area contributed by atoms with Gasteiger partial charge in [-0.05, 0) is 24.3 Å². The summed E-state index contributed by atoms with van der Waals surface area (Å²) >= 11 is 0. The van der Waals surface area contributed by atoms with Gasteiger partial charge in [-0.2, -0.15) is 0 Å². The summed E-state index contributed by atoms with van der Waals surface area (Å²) in [6, 6.07) is 12.8. The SMILES string of the molecule is C#Cc1cccc(S(=O)(=O)c2ccccc2)c1C#C. The van der Waals surface area contributed by atoms with Gasteiger partial charge in [0.15, 0.2) is 0 Å². The molecule has 0 bridgehead atoms. The van der Waals surface area contributed by atoms with E-state index >= 15 is 0 Å². The highest BCUT2D eigenvalue weighted by Crippen LogP contribution is 2.25. The van der Waals surface area contributed by atoms with Gasteiger partial charge in [-0.15, -0.1) is 12.8 Å². The Kier molecular flexibility index (Phi) is 3.42. The van der Waals surface area contributed by atoms with Crippen LogP contribution in [0.25, 0.3) is 0 Å². The molecule has 2 aromatic rings. The predicted molar refractivity (Wildman–Crippen MR) is 74.2 cm³/mol. The van der Waals surface area contributed by atoms with E-state index in [-0.39, 0.29) is 15.4 Å². The zero-order valence-corrected chi connectivity index (χ0v) is 10.8. The van der Waals surface area contributed by atoms with Crippen LogP contribution in [0.15, 0.2) is 58.3 Å². The molecule has 0 spiro atoms. The molecule has 0 aliphatic rings. The maximum Gasteiger partial charge on any atom is 0.207 e. The van der Waals surface area contributed by atoms with Gasteiger partial charge in [0.2, 0.25) is 9.84 Å². The number of terminal acetylenes is 2. The summed E-state index contributed by atoms with van der Waals surface area (Å²) in [6.45, 7) is 0. The Bertz CT molecular complexity index is 789. The van der Waals surface area contributed by atoms with Crippen LogP contribution in [0.3, 0.4) is 0 Å². The van der Waals surface area contributed by atoms with E-state index in [9.17, 15) is 8.42 Å². The second kappa shape index (κ2) is 5.02. The molecule has 0 fully saturated rings. The minimum Gasteiger partial charge on any atom is -0.218 e. The molecule has 0 aromatic heterocycles. The van der Waals surface area contributed by atoms with Crippen LogP contribution in [0.2, 0.25) is 0 Å². The van der Waals surface area contributed by atoms with Crippen molar-refractivity contribution >= 4 is 9.84 Å².